The monoisotopic (exact) mass is 555 g/mol. The summed E-state index contributed by atoms with van der Waals surface area (Å²) >= 11 is 6.42. The fourth-order valence-corrected chi connectivity index (χ4v) is 5.78. The highest BCUT2D eigenvalue weighted by molar-refractivity contribution is 7.92. The molecule has 3 aromatic carbocycles. The normalized spacial score (nSPS) is 12.4. The van der Waals surface area contributed by atoms with Gasteiger partial charge in [0.25, 0.3) is 10.0 Å². The molecule has 1 atom stereocenters. The Kier molecular flexibility index (Phi) is 9.57. The molecule has 2 amide bonds. The van der Waals surface area contributed by atoms with Crippen LogP contribution in [0.2, 0.25) is 5.02 Å². The number of para-hydroxylation sites is 1. The van der Waals surface area contributed by atoms with Gasteiger partial charge in [0.15, 0.2) is 0 Å². The number of anilines is 1. The molecule has 0 aromatic heterocycles. The molecule has 1 N–H and O–H groups in total. The number of amides is 2. The Morgan fingerprint density at radius 3 is 2.00 bits per heavy atom. The van der Waals surface area contributed by atoms with Crippen LogP contribution in [0.15, 0.2) is 89.8 Å². The van der Waals surface area contributed by atoms with Crippen LogP contribution in [0.25, 0.3) is 0 Å². The molecule has 38 heavy (non-hydrogen) atoms. The first kappa shape index (κ1) is 29.2. The van der Waals surface area contributed by atoms with Gasteiger partial charge in [0.05, 0.1) is 15.6 Å². The van der Waals surface area contributed by atoms with Gasteiger partial charge in [-0.3, -0.25) is 13.9 Å². The summed E-state index contributed by atoms with van der Waals surface area (Å²) in [6, 6.07) is 22.8. The third kappa shape index (κ3) is 7.36. The molecule has 0 bridgehead atoms. The molecule has 0 spiro atoms. The van der Waals surface area contributed by atoms with E-state index in [9.17, 15) is 18.0 Å². The molecule has 7 nitrogen and oxygen atoms in total. The number of carbonyl (C=O) groups is 2. The molecule has 0 saturated heterocycles. The average molecular weight is 556 g/mol. The van der Waals surface area contributed by atoms with E-state index in [1.165, 1.54) is 17.0 Å². The van der Waals surface area contributed by atoms with E-state index in [1.807, 2.05) is 58.0 Å². The average Bonchev–Trinajstić information content (AvgIpc) is 2.87. The molecule has 0 aliphatic heterocycles. The van der Waals surface area contributed by atoms with Crippen LogP contribution in [0.4, 0.5) is 5.69 Å². The Balaban J connectivity index is 2.06. The Morgan fingerprint density at radius 1 is 0.895 bits per heavy atom. The molecule has 0 saturated carbocycles. The zero-order valence-corrected chi connectivity index (χ0v) is 23.7. The van der Waals surface area contributed by atoms with Gasteiger partial charge in [-0.2, -0.15) is 0 Å². The molecule has 0 aliphatic carbocycles. The maximum atomic E-state index is 14.0. The topological polar surface area (TPSA) is 86.8 Å². The third-order valence-electron chi connectivity index (χ3n) is 5.81. The first-order valence-electron chi connectivity index (χ1n) is 12.4. The van der Waals surface area contributed by atoms with Crippen molar-refractivity contribution in [3.05, 3.63) is 95.5 Å². The van der Waals surface area contributed by atoms with Crippen molar-refractivity contribution in [2.24, 2.45) is 0 Å². The molecule has 0 heterocycles. The SMILES string of the molecule is CC[C@@H](C(=O)NC(C)(C)C)N(Cc1ccccc1)C(=O)CN(c1ccccc1Cl)S(=O)(=O)c1ccccc1. The van der Waals surface area contributed by atoms with Crippen molar-refractivity contribution in [2.45, 2.75) is 57.1 Å². The summed E-state index contributed by atoms with van der Waals surface area (Å²) in [6.07, 6.45) is 0.345. The number of hydrogen-bond acceptors (Lipinski definition) is 4. The maximum Gasteiger partial charge on any atom is 0.264 e. The number of hydrogen-bond donors (Lipinski definition) is 1. The number of carbonyl (C=O) groups excluding carboxylic acids is 2. The number of nitrogens with zero attached hydrogens (tertiary/aromatic N) is 2. The van der Waals surface area contributed by atoms with Gasteiger partial charge < -0.3 is 10.2 Å². The largest absolute Gasteiger partial charge is 0.350 e. The lowest BCUT2D eigenvalue weighted by Gasteiger charge is -2.35. The third-order valence-corrected chi connectivity index (χ3v) is 7.90. The van der Waals surface area contributed by atoms with Gasteiger partial charge in [0.2, 0.25) is 11.8 Å². The number of halogens is 1. The lowest BCUT2D eigenvalue weighted by atomic mass is 10.1. The zero-order valence-electron chi connectivity index (χ0n) is 22.1. The summed E-state index contributed by atoms with van der Waals surface area (Å²) < 4.78 is 28.6. The van der Waals surface area contributed by atoms with Crippen molar-refractivity contribution in [1.29, 1.82) is 0 Å². The second kappa shape index (κ2) is 12.5. The molecule has 202 valence electrons. The second-order valence-electron chi connectivity index (χ2n) is 9.95. The summed E-state index contributed by atoms with van der Waals surface area (Å²) in [6.45, 7) is 7.03. The highest BCUT2D eigenvalue weighted by atomic mass is 35.5. The van der Waals surface area contributed by atoms with Crippen LogP contribution in [0, 0.1) is 0 Å². The maximum absolute atomic E-state index is 14.0. The van der Waals surface area contributed by atoms with Crippen molar-refractivity contribution in [3.8, 4) is 0 Å². The Labute approximate surface area is 230 Å². The Bertz CT molecular complexity index is 1340. The minimum absolute atomic E-state index is 0.0276. The Hall–Kier alpha value is -3.36. The standard InChI is InChI=1S/C29H34ClN3O4S/c1-5-25(28(35)31-29(2,3)4)32(20-22-14-8-6-9-15-22)27(34)21-33(26-19-13-12-18-24(26)30)38(36,37)23-16-10-7-11-17-23/h6-19,25H,5,20-21H2,1-4H3,(H,31,35)/t25-/m0/s1. The predicted molar refractivity (Wildman–Crippen MR) is 151 cm³/mol. The van der Waals surface area contributed by atoms with Crippen LogP contribution in [0.5, 0.6) is 0 Å². The first-order valence-corrected chi connectivity index (χ1v) is 14.2. The summed E-state index contributed by atoms with van der Waals surface area (Å²) in [5, 5.41) is 3.14. The fraction of sp³-hybridized carbons (Fsp3) is 0.310. The Morgan fingerprint density at radius 2 is 1.45 bits per heavy atom. The summed E-state index contributed by atoms with van der Waals surface area (Å²) in [5.41, 5.74) is 0.489. The molecule has 0 radical (unpaired) electrons. The van der Waals surface area contributed by atoms with Crippen molar-refractivity contribution in [2.75, 3.05) is 10.8 Å². The van der Waals surface area contributed by atoms with Crippen LogP contribution in [0.3, 0.4) is 0 Å². The second-order valence-corrected chi connectivity index (χ2v) is 12.2. The first-order chi connectivity index (χ1) is 17.9. The summed E-state index contributed by atoms with van der Waals surface area (Å²) in [5.74, 6) is -0.830. The van der Waals surface area contributed by atoms with E-state index in [2.05, 4.69) is 5.32 Å². The van der Waals surface area contributed by atoms with Crippen LogP contribution in [-0.2, 0) is 26.2 Å². The van der Waals surface area contributed by atoms with E-state index in [0.717, 1.165) is 9.87 Å². The quantitative estimate of drug-likeness (QED) is 0.370. The van der Waals surface area contributed by atoms with E-state index in [4.69, 9.17) is 11.6 Å². The van der Waals surface area contributed by atoms with E-state index < -0.39 is 34.1 Å². The molecular formula is C29H34ClN3O4S. The van der Waals surface area contributed by atoms with Gasteiger partial charge in [-0.05, 0) is 57.0 Å². The smallest absolute Gasteiger partial charge is 0.264 e. The predicted octanol–water partition coefficient (Wildman–Crippen LogP) is 5.26. The minimum atomic E-state index is -4.16. The molecule has 0 fully saturated rings. The number of rotatable bonds is 10. The van der Waals surface area contributed by atoms with E-state index in [1.54, 1.807) is 42.5 Å². The number of benzene rings is 3. The highest BCUT2D eigenvalue weighted by Crippen LogP contribution is 2.30. The van der Waals surface area contributed by atoms with Gasteiger partial charge in [0.1, 0.15) is 12.6 Å². The lowest BCUT2D eigenvalue weighted by molar-refractivity contribution is -0.141. The molecule has 0 aliphatic rings. The van der Waals surface area contributed by atoms with Gasteiger partial charge in [-0.25, -0.2) is 8.42 Å². The van der Waals surface area contributed by atoms with Crippen molar-refractivity contribution >= 4 is 39.1 Å². The van der Waals surface area contributed by atoms with E-state index >= 15 is 0 Å². The van der Waals surface area contributed by atoms with Crippen LogP contribution in [-0.4, -0.2) is 43.3 Å². The fourth-order valence-electron chi connectivity index (χ4n) is 4.04. The van der Waals surface area contributed by atoms with Crippen molar-refractivity contribution < 1.29 is 18.0 Å². The van der Waals surface area contributed by atoms with Gasteiger partial charge in [0, 0.05) is 12.1 Å². The van der Waals surface area contributed by atoms with E-state index in [0.29, 0.717) is 6.42 Å². The highest BCUT2D eigenvalue weighted by Gasteiger charge is 2.35. The summed E-state index contributed by atoms with van der Waals surface area (Å²) in [4.78, 5) is 28.8. The minimum Gasteiger partial charge on any atom is -0.350 e. The van der Waals surface area contributed by atoms with Crippen LogP contribution < -0.4 is 9.62 Å². The molecule has 0 unspecified atom stereocenters. The number of sulfonamides is 1. The van der Waals surface area contributed by atoms with Crippen molar-refractivity contribution in [3.63, 3.8) is 0 Å². The molecule has 3 aromatic rings. The van der Waals surface area contributed by atoms with Crippen molar-refractivity contribution in [1.82, 2.24) is 10.2 Å². The molecular weight excluding hydrogens is 522 g/mol. The van der Waals surface area contributed by atoms with E-state index in [-0.39, 0.29) is 28.1 Å². The molecule has 3 rings (SSSR count). The van der Waals surface area contributed by atoms with Crippen LogP contribution in [0.1, 0.15) is 39.7 Å². The van der Waals surface area contributed by atoms with Gasteiger partial charge in [-0.1, -0.05) is 79.2 Å². The van der Waals surface area contributed by atoms with Gasteiger partial charge in [-0.15, -0.1) is 0 Å². The summed E-state index contributed by atoms with van der Waals surface area (Å²) in [7, 11) is -4.16. The molecule has 9 heteroatoms. The van der Waals surface area contributed by atoms with Crippen LogP contribution >= 0.6 is 11.6 Å². The lowest BCUT2D eigenvalue weighted by Crippen LogP contribution is -2.55. The number of nitrogens with one attached hydrogen (secondary N) is 1. The van der Waals surface area contributed by atoms with Gasteiger partial charge >= 0.3 is 0 Å². The zero-order chi connectivity index (χ0) is 27.9.